The van der Waals surface area contributed by atoms with E-state index in [1.807, 2.05) is 0 Å². The number of nitrogens with zero attached hydrogens (tertiary/aromatic N) is 3. The standard InChI is InChI=1S/C19H20ClN3O3/c1-13-3-5-16(11-14(13)2)21-7-9-22(10-8-21)19(24)15-4-6-17(20)18(12-15)23(25)26/h3-6,11-12H,7-10H2,1-2H3. The summed E-state index contributed by atoms with van der Waals surface area (Å²) in [5.74, 6) is -0.204. The second kappa shape index (κ2) is 7.33. The van der Waals surface area contributed by atoms with Crippen molar-refractivity contribution in [3.8, 4) is 0 Å². The normalized spacial score (nSPS) is 14.4. The zero-order valence-electron chi connectivity index (χ0n) is 14.7. The summed E-state index contributed by atoms with van der Waals surface area (Å²) in [6.45, 7) is 6.77. The van der Waals surface area contributed by atoms with E-state index in [2.05, 4.69) is 36.9 Å². The monoisotopic (exact) mass is 373 g/mol. The van der Waals surface area contributed by atoms with Crippen LogP contribution in [0.5, 0.6) is 0 Å². The number of benzene rings is 2. The Morgan fingerprint density at radius 3 is 2.35 bits per heavy atom. The van der Waals surface area contributed by atoms with Gasteiger partial charge in [0.2, 0.25) is 0 Å². The molecule has 1 fully saturated rings. The first-order chi connectivity index (χ1) is 12.4. The molecule has 1 aliphatic heterocycles. The van der Waals surface area contributed by atoms with Crippen LogP contribution in [0, 0.1) is 24.0 Å². The third kappa shape index (κ3) is 3.65. The molecule has 7 heteroatoms. The highest BCUT2D eigenvalue weighted by Gasteiger charge is 2.24. The van der Waals surface area contributed by atoms with Crippen molar-refractivity contribution >= 4 is 28.9 Å². The van der Waals surface area contributed by atoms with Crippen LogP contribution in [0.2, 0.25) is 5.02 Å². The van der Waals surface area contributed by atoms with Crippen LogP contribution >= 0.6 is 11.6 Å². The largest absolute Gasteiger partial charge is 0.368 e. The maximum absolute atomic E-state index is 12.7. The Hall–Kier alpha value is -2.60. The van der Waals surface area contributed by atoms with Crippen LogP contribution in [0.4, 0.5) is 11.4 Å². The van der Waals surface area contributed by atoms with Crippen molar-refractivity contribution in [2.75, 3.05) is 31.1 Å². The average Bonchev–Trinajstić information content (AvgIpc) is 2.64. The number of anilines is 1. The van der Waals surface area contributed by atoms with Gasteiger partial charge in [0.15, 0.2) is 0 Å². The maximum Gasteiger partial charge on any atom is 0.288 e. The predicted octanol–water partition coefficient (Wildman–Crippen LogP) is 3.83. The molecule has 1 saturated heterocycles. The lowest BCUT2D eigenvalue weighted by Gasteiger charge is -2.36. The molecule has 0 aromatic heterocycles. The summed E-state index contributed by atoms with van der Waals surface area (Å²) in [5, 5.41) is 11.0. The molecule has 0 saturated carbocycles. The van der Waals surface area contributed by atoms with Gasteiger partial charge in [-0.15, -0.1) is 0 Å². The van der Waals surface area contributed by atoms with Crippen molar-refractivity contribution < 1.29 is 9.72 Å². The molecule has 0 unspecified atom stereocenters. The Bertz CT molecular complexity index is 861. The molecular weight excluding hydrogens is 354 g/mol. The molecule has 0 radical (unpaired) electrons. The van der Waals surface area contributed by atoms with Crippen LogP contribution in [0.3, 0.4) is 0 Å². The van der Waals surface area contributed by atoms with E-state index in [1.54, 1.807) is 4.90 Å². The molecule has 26 heavy (non-hydrogen) atoms. The molecule has 2 aromatic carbocycles. The molecule has 1 heterocycles. The van der Waals surface area contributed by atoms with Crippen molar-refractivity contribution in [1.29, 1.82) is 0 Å². The molecular formula is C19H20ClN3O3. The summed E-state index contributed by atoms with van der Waals surface area (Å²) in [6, 6.07) is 10.6. The second-order valence-corrected chi connectivity index (χ2v) is 6.88. The zero-order valence-corrected chi connectivity index (χ0v) is 15.5. The highest BCUT2D eigenvalue weighted by atomic mass is 35.5. The van der Waals surface area contributed by atoms with Gasteiger partial charge < -0.3 is 9.80 Å². The minimum absolute atomic E-state index is 0.0334. The number of carbonyl (C=O) groups excluding carboxylic acids is 1. The molecule has 1 aliphatic rings. The quantitative estimate of drug-likeness (QED) is 0.605. The van der Waals surface area contributed by atoms with Crippen LogP contribution in [0.25, 0.3) is 0 Å². The van der Waals surface area contributed by atoms with Gasteiger partial charge in [-0.3, -0.25) is 14.9 Å². The number of hydrogen-bond acceptors (Lipinski definition) is 4. The molecule has 6 nitrogen and oxygen atoms in total. The summed E-state index contributed by atoms with van der Waals surface area (Å²) in [4.78, 5) is 27.1. The van der Waals surface area contributed by atoms with Crippen molar-refractivity contribution in [2.24, 2.45) is 0 Å². The van der Waals surface area contributed by atoms with Gasteiger partial charge in [-0.2, -0.15) is 0 Å². The molecule has 0 bridgehead atoms. The Morgan fingerprint density at radius 1 is 1.04 bits per heavy atom. The first kappa shape index (κ1) is 18.2. The summed E-state index contributed by atoms with van der Waals surface area (Å²) in [7, 11) is 0. The molecule has 3 rings (SSSR count). The molecule has 0 atom stereocenters. The molecule has 0 aliphatic carbocycles. The van der Waals surface area contributed by atoms with Gasteiger partial charge in [0, 0.05) is 43.5 Å². The number of aryl methyl sites for hydroxylation is 2. The predicted molar refractivity (Wildman–Crippen MR) is 102 cm³/mol. The number of amides is 1. The second-order valence-electron chi connectivity index (χ2n) is 6.47. The van der Waals surface area contributed by atoms with Crippen LogP contribution < -0.4 is 4.90 Å². The van der Waals surface area contributed by atoms with Crippen LogP contribution in [-0.2, 0) is 0 Å². The summed E-state index contributed by atoms with van der Waals surface area (Å²) < 4.78 is 0. The van der Waals surface area contributed by atoms with E-state index in [-0.39, 0.29) is 16.6 Å². The fraction of sp³-hybridized carbons (Fsp3) is 0.316. The van der Waals surface area contributed by atoms with E-state index in [4.69, 9.17) is 11.6 Å². The van der Waals surface area contributed by atoms with Gasteiger partial charge in [0.1, 0.15) is 5.02 Å². The third-order valence-corrected chi connectivity index (χ3v) is 5.13. The van der Waals surface area contributed by atoms with E-state index in [0.717, 1.165) is 18.8 Å². The van der Waals surface area contributed by atoms with E-state index in [1.165, 1.54) is 29.3 Å². The van der Waals surface area contributed by atoms with Gasteiger partial charge in [-0.05, 0) is 49.2 Å². The summed E-state index contributed by atoms with van der Waals surface area (Å²) in [6.07, 6.45) is 0. The number of nitro groups is 1. The molecule has 1 amide bonds. The van der Waals surface area contributed by atoms with Crippen LogP contribution in [0.15, 0.2) is 36.4 Å². The number of carbonyl (C=O) groups is 1. The lowest BCUT2D eigenvalue weighted by atomic mass is 10.1. The van der Waals surface area contributed by atoms with Gasteiger partial charge in [0.05, 0.1) is 4.92 Å². The Labute approximate surface area is 157 Å². The van der Waals surface area contributed by atoms with E-state index >= 15 is 0 Å². The van der Waals surface area contributed by atoms with E-state index in [0.29, 0.717) is 18.7 Å². The topological polar surface area (TPSA) is 66.7 Å². The minimum Gasteiger partial charge on any atom is -0.368 e. The number of halogens is 1. The van der Waals surface area contributed by atoms with E-state index < -0.39 is 4.92 Å². The summed E-state index contributed by atoms with van der Waals surface area (Å²) >= 11 is 5.82. The van der Waals surface area contributed by atoms with Crippen molar-refractivity contribution in [3.05, 3.63) is 68.2 Å². The van der Waals surface area contributed by atoms with Crippen LogP contribution in [0.1, 0.15) is 21.5 Å². The smallest absolute Gasteiger partial charge is 0.288 e. The lowest BCUT2D eigenvalue weighted by Crippen LogP contribution is -2.48. The maximum atomic E-state index is 12.7. The Balaban J connectivity index is 1.69. The van der Waals surface area contributed by atoms with Crippen molar-refractivity contribution in [2.45, 2.75) is 13.8 Å². The zero-order chi connectivity index (χ0) is 18.8. The fourth-order valence-electron chi connectivity index (χ4n) is 3.06. The molecule has 136 valence electrons. The first-order valence-corrected chi connectivity index (χ1v) is 8.80. The minimum atomic E-state index is -0.573. The van der Waals surface area contributed by atoms with E-state index in [9.17, 15) is 14.9 Å². The SMILES string of the molecule is Cc1ccc(N2CCN(C(=O)c3ccc(Cl)c([N+](=O)[O-])c3)CC2)cc1C. The van der Waals surface area contributed by atoms with Crippen LogP contribution in [-0.4, -0.2) is 41.9 Å². The van der Waals surface area contributed by atoms with Gasteiger partial charge in [-0.1, -0.05) is 17.7 Å². The average molecular weight is 374 g/mol. The summed E-state index contributed by atoms with van der Waals surface area (Å²) in [5.41, 5.74) is 3.70. The number of hydrogen-bond donors (Lipinski definition) is 0. The lowest BCUT2D eigenvalue weighted by molar-refractivity contribution is -0.384. The highest BCUT2D eigenvalue weighted by Crippen LogP contribution is 2.26. The van der Waals surface area contributed by atoms with Gasteiger partial charge in [-0.25, -0.2) is 0 Å². The van der Waals surface area contributed by atoms with Crippen molar-refractivity contribution in [1.82, 2.24) is 4.90 Å². The van der Waals surface area contributed by atoms with Gasteiger partial charge in [0.25, 0.3) is 11.6 Å². The van der Waals surface area contributed by atoms with Crippen molar-refractivity contribution in [3.63, 3.8) is 0 Å². The fourth-order valence-corrected chi connectivity index (χ4v) is 3.24. The number of rotatable bonds is 3. The highest BCUT2D eigenvalue weighted by molar-refractivity contribution is 6.32. The molecule has 2 aromatic rings. The Kier molecular flexibility index (Phi) is 5.13. The third-order valence-electron chi connectivity index (χ3n) is 4.81. The first-order valence-electron chi connectivity index (χ1n) is 8.42. The van der Waals surface area contributed by atoms with Gasteiger partial charge >= 0.3 is 0 Å². The molecule has 0 spiro atoms. The Morgan fingerprint density at radius 2 is 1.73 bits per heavy atom. The number of piperazine rings is 1. The molecule has 0 N–H and O–H groups in total. The number of nitro benzene ring substituents is 1.